The number of fused-ring (bicyclic) bond motifs is 1. The van der Waals surface area contributed by atoms with Crippen molar-refractivity contribution in [3.63, 3.8) is 0 Å². The predicted molar refractivity (Wildman–Crippen MR) is 96.4 cm³/mol. The van der Waals surface area contributed by atoms with Gasteiger partial charge in [0, 0.05) is 42.3 Å². The zero-order valence-corrected chi connectivity index (χ0v) is 14.5. The highest BCUT2D eigenvalue weighted by Gasteiger charge is 2.07. The fraction of sp³-hybridized carbons (Fsp3) is 0.500. The number of nitrogens with one attached hydrogen (secondary N) is 2. The summed E-state index contributed by atoms with van der Waals surface area (Å²) in [5, 5.41) is 7.74. The van der Waals surface area contributed by atoms with Gasteiger partial charge in [-0.05, 0) is 44.8 Å². The third-order valence-corrected chi connectivity index (χ3v) is 3.67. The molecule has 2 rings (SSSR count). The molecule has 126 valence electrons. The Bertz CT molecular complexity index is 692. The van der Waals surface area contributed by atoms with Crippen LogP contribution < -0.4 is 16.3 Å². The van der Waals surface area contributed by atoms with Gasteiger partial charge in [0.1, 0.15) is 5.58 Å². The third kappa shape index (κ3) is 5.37. The second kappa shape index (κ2) is 8.13. The second-order valence-electron chi connectivity index (χ2n) is 6.39. The molecule has 0 saturated carbocycles. The van der Waals surface area contributed by atoms with Crippen LogP contribution in [0.15, 0.2) is 33.5 Å². The highest BCUT2D eigenvalue weighted by molar-refractivity contribution is 5.83. The lowest BCUT2D eigenvalue weighted by atomic mass is 10.1. The Labute approximate surface area is 137 Å². The number of anilines is 1. The lowest BCUT2D eigenvalue weighted by Crippen LogP contribution is -2.25. The first-order valence-electron chi connectivity index (χ1n) is 8.14. The molecule has 5 heteroatoms. The van der Waals surface area contributed by atoms with Crippen molar-refractivity contribution in [2.24, 2.45) is 0 Å². The summed E-state index contributed by atoms with van der Waals surface area (Å²) in [6, 6.07) is 8.02. The van der Waals surface area contributed by atoms with Crippen LogP contribution in [0.1, 0.15) is 19.4 Å². The molecular formula is C18H27N3O2. The van der Waals surface area contributed by atoms with Gasteiger partial charge in [-0.2, -0.15) is 0 Å². The van der Waals surface area contributed by atoms with E-state index in [1.807, 2.05) is 32.3 Å². The zero-order valence-electron chi connectivity index (χ0n) is 14.5. The minimum Gasteiger partial charge on any atom is -0.423 e. The molecule has 0 fully saturated rings. The molecule has 0 atom stereocenters. The van der Waals surface area contributed by atoms with Gasteiger partial charge in [-0.3, -0.25) is 0 Å². The first-order valence-corrected chi connectivity index (χ1v) is 8.14. The van der Waals surface area contributed by atoms with Crippen LogP contribution >= 0.6 is 0 Å². The summed E-state index contributed by atoms with van der Waals surface area (Å²) in [5.41, 5.74) is 2.36. The summed E-state index contributed by atoms with van der Waals surface area (Å²) in [4.78, 5) is 13.9. The maximum Gasteiger partial charge on any atom is 0.336 e. The van der Waals surface area contributed by atoms with Crippen molar-refractivity contribution in [2.75, 3.05) is 39.0 Å². The average molecular weight is 317 g/mol. The van der Waals surface area contributed by atoms with Crippen LogP contribution in [0.5, 0.6) is 0 Å². The Kier molecular flexibility index (Phi) is 6.19. The van der Waals surface area contributed by atoms with Crippen LogP contribution in [0.25, 0.3) is 11.0 Å². The Morgan fingerprint density at radius 3 is 2.65 bits per heavy atom. The summed E-state index contributed by atoms with van der Waals surface area (Å²) in [6.07, 6.45) is 0.813. The van der Waals surface area contributed by atoms with Gasteiger partial charge < -0.3 is 20.0 Å². The highest BCUT2D eigenvalue weighted by atomic mass is 16.4. The van der Waals surface area contributed by atoms with Crippen molar-refractivity contribution >= 4 is 16.7 Å². The standard InChI is InChI=1S/C18H27N3O2/c1-13(2)19-8-7-14-11-18(22)23-17-12-15(5-6-16(14)17)20-9-10-21(3)4/h5-6,11-13,19-20H,7-10H2,1-4H3. The Morgan fingerprint density at radius 1 is 1.17 bits per heavy atom. The van der Waals surface area contributed by atoms with Gasteiger partial charge in [-0.1, -0.05) is 13.8 Å². The quantitative estimate of drug-likeness (QED) is 0.732. The molecule has 1 aromatic carbocycles. The van der Waals surface area contributed by atoms with Gasteiger partial charge in [0.2, 0.25) is 0 Å². The monoisotopic (exact) mass is 317 g/mol. The van der Waals surface area contributed by atoms with Crippen LogP contribution in [0.4, 0.5) is 5.69 Å². The molecule has 0 saturated heterocycles. The van der Waals surface area contributed by atoms with E-state index in [0.29, 0.717) is 11.6 Å². The molecule has 5 nitrogen and oxygen atoms in total. The smallest absolute Gasteiger partial charge is 0.336 e. The van der Waals surface area contributed by atoms with E-state index in [1.54, 1.807) is 6.07 Å². The molecule has 0 aliphatic carbocycles. The molecular weight excluding hydrogens is 290 g/mol. The fourth-order valence-electron chi connectivity index (χ4n) is 2.47. The third-order valence-electron chi connectivity index (χ3n) is 3.67. The van der Waals surface area contributed by atoms with Crippen LogP contribution in [0, 0.1) is 0 Å². The normalized spacial score (nSPS) is 11.6. The lowest BCUT2D eigenvalue weighted by Gasteiger charge is -2.12. The topological polar surface area (TPSA) is 57.5 Å². The van der Waals surface area contributed by atoms with Gasteiger partial charge >= 0.3 is 5.63 Å². The maximum atomic E-state index is 11.8. The second-order valence-corrected chi connectivity index (χ2v) is 6.39. The zero-order chi connectivity index (χ0) is 16.8. The van der Waals surface area contributed by atoms with E-state index in [1.165, 1.54) is 0 Å². The molecule has 2 N–H and O–H groups in total. The Morgan fingerprint density at radius 2 is 1.96 bits per heavy atom. The van der Waals surface area contributed by atoms with E-state index in [0.717, 1.165) is 42.7 Å². The van der Waals surface area contributed by atoms with Crippen molar-refractivity contribution in [1.82, 2.24) is 10.2 Å². The van der Waals surface area contributed by atoms with Gasteiger partial charge in [0.15, 0.2) is 0 Å². The number of nitrogens with zero attached hydrogens (tertiary/aromatic N) is 1. The van der Waals surface area contributed by atoms with Gasteiger partial charge in [0.25, 0.3) is 0 Å². The van der Waals surface area contributed by atoms with Crippen LogP contribution in [0.2, 0.25) is 0 Å². The van der Waals surface area contributed by atoms with E-state index >= 15 is 0 Å². The average Bonchev–Trinajstić information content (AvgIpc) is 2.45. The minimum absolute atomic E-state index is 0.289. The largest absolute Gasteiger partial charge is 0.423 e. The van der Waals surface area contributed by atoms with E-state index in [9.17, 15) is 4.79 Å². The van der Waals surface area contributed by atoms with Crippen molar-refractivity contribution in [1.29, 1.82) is 0 Å². The SMILES string of the molecule is CC(C)NCCc1cc(=O)oc2cc(NCCN(C)C)ccc12. The Hall–Kier alpha value is -1.85. The molecule has 0 unspecified atom stereocenters. The fourth-order valence-corrected chi connectivity index (χ4v) is 2.47. The minimum atomic E-state index is -0.289. The van der Waals surface area contributed by atoms with Gasteiger partial charge in [-0.25, -0.2) is 4.79 Å². The number of benzene rings is 1. The first-order chi connectivity index (χ1) is 11.0. The highest BCUT2D eigenvalue weighted by Crippen LogP contribution is 2.21. The molecule has 0 bridgehead atoms. The van der Waals surface area contributed by atoms with Gasteiger partial charge in [0.05, 0.1) is 0 Å². The summed E-state index contributed by atoms with van der Waals surface area (Å²) >= 11 is 0. The van der Waals surface area contributed by atoms with Gasteiger partial charge in [-0.15, -0.1) is 0 Å². The van der Waals surface area contributed by atoms with Crippen molar-refractivity contribution in [3.8, 4) is 0 Å². The molecule has 0 amide bonds. The molecule has 1 heterocycles. The molecule has 0 aliphatic heterocycles. The van der Waals surface area contributed by atoms with Crippen LogP contribution in [0.3, 0.4) is 0 Å². The number of hydrogen-bond donors (Lipinski definition) is 2. The summed E-state index contributed by atoms with van der Waals surface area (Å²) in [5.74, 6) is 0. The molecule has 23 heavy (non-hydrogen) atoms. The summed E-state index contributed by atoms with van der Waals surface area (Å²) in [7, 11) is 4.08. The van der Waals surface area contributed by atoms with Crippen LogP contribution in [-0.4, -0.2) is 44.7 Å². The predicted octanol–water partition coefficient (Wildman–Crippen LogP) is 2.31. The molecule has 2 aromatic rings. The maximum absolute atomic E-state index is 11.8. The molecule has 1 aromatic heterocycles. The van der Waals surface area contributed by atoms with Crippen molar-refractivity contribution < 1.29 is 4.42 Å². The van der Waals surface area contributed by atoms with Crippen LogP contribution in [-0.2, 0) is 6.42 Å². The molecule has 0 radical (unpaired) electrons. The number of rotatable bonds is 8. The van der Waals surface area contributed by atoms with E-state index in [4.69, 9.17) is 4.42 Å². The molecule has 0 aliphatic rings. The van der Waals surface area contributed by atoms with Crippen molar-refractivity contribution in [2.45, 2.75) is 26.3 Å². The Balaban J connectivity index is 2.17. The van der Waals surface area contributed by atoms with Crippen molar-refractivity contribution in [3.05, 3.63) is 40.2 Å². The first kappa shape index (κ1) is 17.5. The summed E-state index contributed by atoms with van der Waals surface area (Å²) < 4.78 is 5.37. The lowest BCUT2D eigenvalue weighted by molar-refractivity contribution is 0.425. The molecule has 0 spiro atoms. The number of hydrogen-bond acceptors (Lipinski definition) is 5. The van der Waals surface area contributed by atoms with E-state index < -0.39 is 0 Å². The van der Waals surface area contributed by atoms with E-state index in [2.05, 4.69) is 29.4 Å². The number of likely N-dealkylation sites (N-methyl/N-ethyl adjacent to an activating group) is 1. The van der Waals surface area contributed by atoms with E-state index in [-0.39, 0.29) is 5.63 Å². The summed E-state index contributed by atoms with van der Waals surface area (Å²) in [6.45, 7) is 6.87.